The molecule has 4 rings (SSSR count). The van der Waals surface area contributed by atoms with Gasteiger partial charge in [-0.2, -0.15) is 0 Å². The number of rotatable bonds is 17. The van der Waals surface area contributed by atoms with Crippen molar-refractivity contribution in [2.75, 3.05) is 13.1 Å². The molecule has 2 fully saturated rings. The van der Waals surface area contributed by atoms with Gasteiger partial charge in [0, 0.05) is 32.0 Å². The molecule has 2 aliphatic rings. The van der Waals surface area contributed by atoms with Crippen LogP contribution in [0.15, 0.2) is 60.7 Å². The molecular weight excluding hydrogens is 602 g/mol. The number of ketones is 1. The molecule has 13 nitrogen and oxygen atoms in total. The summed E-state index contributed by atoms with van der Waals surface area (Å²) in [6.45, 7) is 0.126. The fourth-order valence-corrected chi connectivity index (χ4v) is 5.60. The van der Waals surface area contributed by atoms with Crippen LogP contribution in [0, 0.1) is 5.41 Å². The van der Waals surface area contributed by atoms with E-state index in [2.05, 4.69) is 21.3 Å². The number of carbonyl (C=O) groups excluding carboxylic acids is 5. The quantitative estimate of drug-likeness (QED) is 0.0549. The third-order valence-electron chi connectivity index (χ3n) is 8.30. The van der Waals surface area contributed by atoms with Crippen LogP contribution in [0.5, 0.6) is 0 Å². The minimum atomic E-state index is -1.18. The number of aryl methyl sites for hydroxylation is 2. The van der Waals surface area contributed by atoms with Gasteiger partial charge in [-0.3, -0.25) is 29.4 Å². The van der Waals surface area contributed by atoms with Crippen molar-refractivity contribution >= 4 is 35.4 Å². The molecule has 8 N–H and O–H groups in total. The number of guanidine groups is 1. The Morgan fingerprint density at radius 1 is 0.894 bits per heavy atom. The third-order valence-corrected chi connectivity index (χ3v) is 8.30. The number of benzene rings is 2. The molecule has 1 aliphatic carbocycles. The number of amides is 4. The number of Topliss-reactive ketones (excluding diaryl/α,β-unsaturated/α-hetero) is 1. The Labute approximate surface area is 274 Å². The highest BCUT2D eigenvalue weighted by atomic mass is 16.3. The first-order chi connectivity index (χ1) is 22.6. The fraction of sp³-hybridized carbons (Fsp3) is 0.471. The maximum absolute atomic E-state index is 14.0. The van der Waals surface area contributed by atoms with Gasteiger partial charge in [-0.05, 0) is 56.1 Å². The molecule has 2 aromatic carbocycles. The molecule has 1 heterocycles. The molecule has 0 aromatic heterocycles. The van der Waals surface area contributed by atoms with Crippen molar-refractivity contribution in [3.63, 3.8) is 0 Å². The maximum atomic E-state index is 14.0. The van der Waals surface area contributed by atoms with Crippen LogP contribution in [-0.4, -0.2) is 88.7 Å². The molecule has 0 spiro atoms. The number of hydrogen-bond donors (Lipinski definition) is 7. The lowest BCUT2D eigenvalue weighted by Crippen LogP contribution is -2.56. The summed E-state index contributed by atoms with van der Waals surface area (Å²) in [4.78, 5) is 67.7. The number of hydrogen-bond acceptors (Lipinski definition) is 7. The van der Waals surface area contributed by atoms with Gasteiger partial charge in [0.15, 0.2) is 5.96 Å². The highest BCUT2D eigenvalue weighted by Crippen LogP contribution is 2.22. The van der Waals surface area contributed by atoms with Gasteiger partial charge >= 0.3 is 0 Å². The van der Waals surface area contributed by atoms with Crippen LogP contribution in [0.1, 0.15) is 56.1 Å². The van der Waals surface area contributed by atoms with Gasteiger partial charge in [0.25, 0.3) is 5.91 Å². The Balaban J connectivity index is 1.46. The lowest BCUT2D eigenvalue weighted by atomic mass is 10.0. The van der Waals surface area contributed by atoms with E-state index in [0.29, 0.717) is 19.3 Å². The number of aliphatic hydroxyl groups is 1. The lowest BCUT2D eigenvalue weighted by Gasteiger charge is -2.29. The van der Waals surface area contributed by atoms with E-state index < -0.39 is 47.7 Å². The molecule has 252 valence electrons. The normalized spacial score (nSPS) is 18.4. The van der Waals surface area contributed by atoms with Crippen molar-refractivity contribution in [3.8, 4) is 0 Å². The molecule has 0 unspecified atom stereocenters. The molecule has 4 atom stereocenters. The van der Waals surface area contributed by atoms with Gasteiger partial charge in [0.05, 0.1) is 12.1 Å². The molecule has 1 saturated heterocycles. The van der Waals surface area contributed by atoms with Gasteiger partial charge in [0.1, 0.15) is 12.1 Å². The van der Waals surface area contributed by atoms with E-state index in [1.807, 2.05) is 60.7 Å². The van der Waals surface area contributed by atoms with Crippen molar-refractivity contribution in [3.05, 3.63) is 71.8 Å². The van der Waals surface area contributed by atoms with Crippen LogP contribution in [0.2, 0.25) is 0 Å². The fourth-order valence-electron chi connectivity index (χ4n) is 5.60. The zero-order valence-corrected chi connectivity index (χ0v) is 26.5. The van der Waals surface area contributed by atoms with E-state index in [4.69, 9.17) is 11.1 Å². The summed E-state index contributed by atoms with van der Waals surface area (Å²) in [6.07, 6.45) is 2.33. The van der Waals surface area contributed by atoms with Crippen LogP contribution in [0.3, 0.4) is 0 Å². The molecule has 1 aliphatic heterocycles. The minimum absolute atomic E-state index is 0.0593. The van der Waals surface area contributed by atoms with Crippen molar-refractivity contribution < 1.29 is 29.1 Å². The van der Waals surface area contributed by atoms with Crippen molar-refractivity contribution in [2.45, 2.75) is 88.1 Å². The summed E-state index contributed by atoms with van der Waals surface area (Å²) in [5.74, 6) is -3.35. The molecule has 2 aromatic rings. The summed E-state index contributed by atoms with van der Waals surface area (Å²) in [7, 11) is 0. The average Bonchev–Trinajstić information content (AvgIpc) is 3.80. The topological polar surface area (TPSA) is 207 Å². The first-order valence-electron chi connectivity index (χ1n) is 16.2. The first kappa shape index (κ1) is 35.1. The standard InChI is InChI=1S/C34H45N7O6/c35-34(36)37-19-7-12-26(30(44)32(46)38-24-15-16-24)40-31(45)28-20-25(42)21-41(28)33(47)27(17-13-22-8-3-1-4-9-22)39-29(43)18-14-23-10-5-2-6-11-23/h1-6,8-11,24-28,42H,7,12-21H2,(H,38,46)(H,39,43)(H,40,45)(H4,35,36,37)/t25-,26+,27+,28+/m1/s1. The van der Waals surface area contributed by atoms with Crippen molar-refractivity contribution in [1.29, 1.82) is 5.41 Å². The van der Waals surface area contributed by atoms with Crippen LogP contribution in [0.4, 0.5) is 0 Å². The van der Waals surface area contributed by atoms with E-state index in [0.717, 1.165) is 24.0 Å². The largest absolute Gasteiger partial charge is 0.391 e. The van der Waals surface area contributed by atoms with E-state index >= 15 is 0 Å². The average molecular weight is 648 g/mol. The van der Waals surface area contributed by atoms with Crippen LogP contribution in [0.25, 0.3) is 0 Å². The zero-order chi connectivity index (χ0) is 33.8. The van der Waals surface area contributed by atoms with Crippen LogP contribution in [-0.2, 0) is 36.8 Å². The second-order valence-corrected chi connectivity index (χ2v) is 12.2. The summed E-state index contributed by atoms with van der Waals surface area (Å²) in [6, 6.07) is 15.7. The Bertz CT molecular complexity index is 1400. The van der Waals surface area contributed by atoms with Gasteiger partial charge < -0.3 is 37.0 Å². The molecule has 0 bridgehead atoms. The van der Waals surface area contributed by atoms with Crippen molar-refractivity contribution in [2.24, 2.45) is 5.73 Å². The highest BCUT2D eigenvalue weighted by molar-refractivity contribution is 6.38. The SMILES string of the molecule is N=C(N)NCCC[C@H](NC(=O)[C@@H]1C[C@@H](O)CN1C(=O)[C@H](CCc1ccccc1)NC(=O)CCc1ccccc1)C(=O)C(=O)NC1CC1. The molecule has 1 saturated carbocycles. The second kappa shape index (κ2) is 17.2. The predicted octanol–water partition coefficient (Wildman–Crippen LogP) is 0.294. The molecule has 4 amide bonds. The Morgan fingerprint density at radius 3 is 2.15 bits per heavy atom. The molecule has 47 heavy (non-hydrogen) atoms. The minimum Gasteiger partial charge on any atom is -0.391 e. The number of carbonyl (C=O) groups is 5. The summed E-state index contributed by atoms with van der Waals surface area (Å²) >= 11 is 0. The van der Waals surface area contributed by atoms with Crippen LogP contribution >= 0.6 is 0 Å². The summed E-state index contributed by atoms with van der Waals surface area (Å²) in [5.41, 5.74) is 7.30. The zero-order valence-electron chi connectivity index (χ0n) is 26.5. The van der Waals surface area contributed by atoms with Crippen LogP contribution < -0.4 is 27.0 Å². The third kappa shape index (κ3) is 11.2. The van der Waals surface area contributed by atoms with E-state index in [1.54, 1.807) is 0 Å². The Morgan fingerprint density at radius 2 is 1.53 bits per heavy atom. The molecular formula is C34H45N7O6. The van der Waals surface area contributed by atoms with E-state index in [-0.39, 0.29) is 56.7 Å². The smallest absolute Gasteiger partial charge is 0.289 e. The first-order valence-corrected chi connectivity index (χ1v) is 16.2. The highest BCUT2D eigenvalue weighted by Gasteiger charge is 2.43. The Hall–Kier alpha value is -4.78. The number of nitrogens with two attached hydrogens (primary N) is 1. The molecule has 13 heteroatoms. The number of likely N-dealkylation sites (tertiary alicyclic amines) is 1. The number of aliphatic hydroxyl groups excluding tert-OH is 1. The monoisotopic (exact) mass is 647 g/mol. The summed E-state index contributed by atoms with van der Waals surface area (Å²) < 4.78 is 0. The van der Waals surface area contributed by atoms with E-state index in [9.17, 15) is 29.1 Å². The second-order valence-electron chi connectivity index (χ2n) is 12.2. The number of nitrogens with zero attached hydrogens (tertiary/aromatic N) is 1. The maximum Gasteiger partial charge on any atom is 0.289 e. The van der Waals surface area contributed by atoms with Gasteiger partial charge in [-0.25, -0.2) is 0 Å². The van der Waals surface area contributed by atoms with E-state index in [1.165, 1.54) is 4.90 Å². The number of nitrogens with one attached hydrogen (secondary N) is 5. The van der Waals surface area contributed by atoms with Gasteiger partial charge in [-0.1, -0.05) is 60.7 Å². The lowest BCUT2D eigenvalue weighted by molar-refractivity contribution is -0.143. The number of β-amino-alcohol motifs (C(OH)–C–C–N with tert-alkyl or cyclic N) is 1. The predicted molar refractivity (Wildman–Crippen MR) is 175 cm³/mol. The van der Waals surface area contributed by atoms with Gasteiger partial charge in [0.2, 0.25) is 23.5 Å². The van der Waals surface area contributed by atoms with Gasteiger partial charge in [-0.15, -0.1) is 0 Å². The summed E-state index contributed by atoms with van der Waals surface area (Å²) in [5, 5.41) is 28.7. The Kier molecular flexibility index (Phi) is 12.9. The van der Waals surface area contributed by atoms with Crippen molar-refractivity contribution in [1.82, 2.24) is 26.2 Å². The molecule has 0 radical (unpaired) electrons.